The van der Waals surface area contributed by atoms with E-state index in [1.54, 1.807) is 0 Å². The molecular weight excluding hydrogens is 276 g/mol. The number of hydrogen-bond acceptors (Lipinski definition) is 1. The highest BCUT2D eigenvalue weighted by Crippen LogP contribution is 2.08. The third-order valence-corrected chi connectivity index (χ3v) is 3.57. The molecule has 110 valence electrons. The average Bonchev–Trinajstić information content (AvgIpc) is 2.45. The van der Waals surface area contributed by atoms with Crippen LogP contribution in [0.15, 0.2) is 48.5 Å². The minimum atomic E-state index is 0.713. The molecule has 2 nitrogen and oxygen atoms in total. The summed E-state index contributed by atoms with van der Waals surface area (Å²) in [6.07, 6.45) is 0.978. The lowest BCUT2D eigenvalue weighted by atomic mass is 10.1. The van der Waals surface area contributed by atoms with Crippen LogP contribution in [0.3, 0.4) is 0 Å². The van der Waals surface area contributed by atoms with E-state index in [9.17, 15) is 0 Å². The molecule has 0 aromatic heterocycles. The third-order valence-electron chi connectivity index (χ3n) is 3.28. The van der Waals surface area contributed by atoms with E-state index in [4.69, 9.17) is 12.2 Å². The fraction of sp³-hybridized carbons (Fsp3) is 0.278. The van der Waals surface area contributed by atoms with Crippen molar-refractivity contribution in [3.8, 4) is 0 Å². The summed E-state index contributed by atoms with van der Waals surface area (Å²) in [4.78, 5) is 0. The number of benzene rings is 2. The largest absolute Gasteiger partial charge is 0.362 e. The van der Waals surface area contributed by atoms with Crippen molar-refractivity contribution in [2.75, 3.05) is 6.54 Å². The molecule has 2 N–H and O–H groups in total. The van der Waals surface area contributed by atoms with Crippen LogP contribution in [0, 0.1) is 13.8 Å². The summed E-state index contributed by atoms with van der Waals surface area (Å²) in [5.41, 5.74) is 5.16. The lowest BCUT2D eigenvalue weighted by Gasteiger charge is -2.11. The van der Waals surface area contributed by atoms with E-state index in [2.05, 4.69) is 66.9 Å². The maximum atomic E-state index is 5.31. The van der Waals surface area contributed by atoms with Crippen LogP contribution < -0.4 is 10.6 Å². The third kappa shape index (κ3) is 5.56. The Balaban J connectivity index is 1.72. The topological polar surface area (TPSA) is 24.1 Å². The highest BCUT2D eigenvalue weighted by atomic mass is 32.1. The maximum absolute atomic E-state index is 5.31. The number of nitrogens with one attached hydrogen (secondary N) is 2. The predicted molar refractivity (Wildman–Crippen MR) is 93.5 cm³/mol. The second-order valence-corrected chi connectivity index (χ2v) is 5.75. The summed E-state index contributed by atoms with van der Waals surface area (Å²) in [5, 5.41) is 7.22. The van der Waals surface area contributed by atoms with E-state index in [1.165, 1.54) is 22.3 Å². The normalized spacial score (nSPS) is 10.2. The van der Waals surface area contributed by atoms with Crippen molar-refractivity contribution in [3.05, 3.63) is 70.8 Å². The molecule has 2 aromatic carbocycles. The second-order valence-electron chi connectivity index (χ2n) is 5.34. The Labute approximate surface area is 132 Å². The zero-order valence-corrected chi connectivity index (χ0v) is 13.5. The van der Waals surface area contributed by atoms with Gasteiger partial charge in [-0.3, -0.25) is 0 Å². The highest BCUT2D eigenvalue weighted by Gasteiger charge is 1.99. The van der Waals surface area contributed by atoms with Gasteiger partial charge in [0.1, 0.15) is 0 Å². The number of rotatable bonds is 5. The van der Waals surface area contributed by atoms with Gasteiger partial charge in [-0.2, -0.15) is 0 Å². The Bertz CT molecular complexity index is 573. The fourth-order valence-corrected chi connectivity index (χ4v) is 2.56. The first-order chi connectivity index (χ1) is 10.1. The second kappa shape index (κ2) is 7.79. The van der Waals surface area contributed by atoms with Gasteiger partial charge in [0.2, 0.25) is 0 Å². The molecule has 2 aromatic rings. The zero-order chi connectivity index (χ0) is 15.1. The minimum Gasteiger partial charge on any atom is -0.362 e. The lowest BCUT2D eigenvalue weighted by molar-refractivity contribution is 0.814. The molecule has 0 bridgehead atoms. The van der Waals surface area contributed by atoms with E-state index in [-0.39, 0.29) is 0 Å². The van der Waals surface area contributed by atoms with Gasteiger partial charge in [0.15, 0.2) is 5.11 Å². The molecule has 0 aliphatic heterocycles. The molecule has 0 aliphatic rings. The number of thiocarbonyl (C=S) groups is 1. The van der Waals surface area contributed by atoms with Crippen molar-refractivity contribution >= 4 is 17.3 Å². The first-order valence-electron chi connectivity index (χ1n) is 7.26. The average molecular weight is 298 g/mol. The van der Waals surface area contributed by atoms with Crippen LogP contribution in [0.2, 0.25) is 0 Å². The van der Waals surface area contributed by atoms with Crippen molar-refractivity contribution in [3.63, 3.8) is 0 Å². The van der Waals surface area contributed by atoms with Crippen molar-refractivity contribution in [2.45, 2.75) is 26.8 Å². The summed E-state index contributed by atoms with van der Waals surface area (Å²) in [5.74, 6) is 0. The van der Waals surface area contributed by atoms with Crippen LogP contribution in [-0.2, 0) is 13.0 Å². The molecule has 0 heterocycles. The Morgan fingerprint density at radius 3 is 2.24 bits per heavy atom. The van der Waals surface area contributed by atoms with Gasteiger partial charge in [-0.25, -0.2) is 0 Å². The lowest BCUT2D eigenvalue weighted by Crippen LogP contribution is -2.35. The van der Waals surface area contributed by atoms with Gasteiger partial charge in [-0.1, -0.05) is 59.7 Å². The molecule has 2 rings (SSSR count). The van der Waals surface area contributed by atoms with E-state index in [0.717, 1.165) is 19.5 Å². The predicted octanol–water partition coefficient (Wildman–Crippen LogP) is 3.51. The van der Waals surface area contributed by atoms with E-state index < -0.39 is 0 Å². The standard InChI is InChI=1S/C18H22N2S/c1-14-10-15(2)12-17(11-14)13-20-18(21)19-9-8-16-6-4-3-5-7-16/h3-7,10-12H,8-9,13H2,1-2H3,(H2,19,20,21). The number of aryl methyl sites for hydroxylation is 2. The van der Waals surface area contributed by atoms with E-state index in [1.807, 2.05) is 6.07 Å². The van der Waals surface area contributed by atoms with E-state index >= 15 is 0 Å². The van der Waals surface area contributed by atoms with Crippen LogP contribution in [0.5, 0.6) is 0 Å². The van der Waals surface area contributed by atoms with Crippen LogP contribution in [-0.4, -0.2) is 11.7 Å². The van der Waals surface area contributed by atoms with Gasteiger partial charge in [0.05, 0.1) is 0 Å². The molecule has 0 atom stereocenters. The molecule has 0 unspecified atom stereocenters. The smallest absolute Gasteiger partial charge is 0.166 e. The number of hydrogen-bond donors (Lipinski definition) is 2. The van der Waals surface area contributed by atoms with Crippen LogP contribution in [0.4, 0.5) is 0 Å². The Morgan fingerprint density at radius 2 is 1.57 bits per heavy atom. The van der Waals surface area contributed by atoms with Crippen LogP contribution in [0.25, 0.3) is 0 Å². The van der Waals surface area contributed by atoms with Gasteiger partial charge in [0, 0.05) is 13.1 Å². The molecule has 0 saturated heterocycles. The summed E-state index contributed by atoms with van der Waals surface area (Å²) in [7, 11) is 0. The molecule has 0 saturated carbocycles. The summed E-state index contributed by atoms with van der Waals surface area (Å²) in [6.45, 7) is 5.85. The van der Waals surface area contributed by atoms with Gasteiger partial charge >= 0.3 is 0 Å². The molecular formula is C18H22N2S. The fourth-order valence-electron chi connectivity index (χ4n) is 2.38. The SMILES string of the molecule is Cc1cc(C)cc(CNC(=S)NCCc2ccccc2)c1. The van der Waals surface area contributed by atoms with Crippen molar-refractivity contribution in [2.24, 2.45) is 0 Å². The van der Waals surface area contributed by atoms with Gasteiger partial charge in [-0.15, -0.1) is 0 Å². The highest BCUT2D eigenvalue weighted by molar-refractivity contribution is 7.80. The van der Waals surface area contributed by atoms with Crippen molar-refractivity contribution in [1.29, 1.82) is 0 Å². The molecule has 0 radical (unpaired) electrons. The monoisotopic (exact) mass is 298 g/mol. The maximum Gasteiger partial charge on any atom is 0.166 e. The first-order valence-corrected chi connectivity index (χ1v) is 7.67. The zero-order valence-electron chi connectivity index (χ0n) is 12.6. The van der Waals surface area contributed by atoms with E-state index in [0.29, 0.717) is 5.11 Å². The van der Waals surface area contributed by atoms with Gasteiger partial charge < -0.3 is 10.6 Å². The Morgan fingerprint density at radius 1 is 0.905 bits per heavy atom. The van der Waals surface area contributed by atoms with Crippen molar-refractivity contribution < 1.29 is 0 Å². The molecule has 0 spiro atoms. The molecule has 21 heavy (non-hydrogen) atoms. The van der Waals surface area contributed by atoms with Gasteiger partial charge in [0.25, 0.3) is 0 Å². The summed E-state index contributed by atoms with van der Waals surface area (Å²) < 4.78 is 0. The van der Waals surface area contributed by atoms with Crippen LogP contribution >= 0.6 is 12.2 Å². The van der Waals surface area contributed by atoms with Gasteiger partial charge in [-0.05, 0) is 43.6 Å². The molecule has 0 fully saturated rings. The summed E-state index contributed by atoms with van der Waals surface area (Å²) >= 11 is 5.31. The molecule has 3 heteroatoms. The minimum absolute atomic E-state index is 0.713. The van der Waals surface area contributed by atoms with Crippen molar-refractivity contribution in [1.82, 2.24) is 10.6 Å². The Hall–Kier alpha value is -1.87. The summed E-state index contributed by atoms with van der Waals surface area (Å²) in [6, 6.07) is 17.0. The molecule has 0 amide bonds. The quantitative estimate of drug-likeness (QED) is 0.826. The first kappa shape index (κ1) is 15.5. The van der Waals surface area contributed by atoms with Crippen LogP contribution in [0.1, 0.15) is 22.3 Å². The Kier molecular flexibility index (Phi) is 5.76. The molecule has 0 aliphatic carbocycles.